The second kappa shape index (κ2) is 3.54. The predicted molar refractivity (Wildman–Crippen MR) is 53.2 cm³/mol. The van der Waals surface area contributed by atoms with E-state index in [0.717, 1.165) is 13.1 Å². The van der Waals surface area contributed by atoms with Crippen molar-refractivity contribution in [2.24, 2.45) is 0 Å². The Labute approximate surface area is 87.1 Å². The number of hydrogen-bond acceptors (Lipinski definition) is 5. The molecule has 1 fully saturated rings. The van der Waals surface area contributed by atoms with Gasteiger partial charge in [-0.2, -0.15) is 4.98 Å². The highest BCUT2D eigenvalue weighted by Crippen LogP contribution is 2.21. The number of aromatic nitrogens is 1. The molecule has 0 amide bonds. The van der Waals surface area contributed by atoms with Gasteiger partial charge in [0.15, 0.2) is 5.69 Å². The molecule has 0 unspecified atom stereocenters. The highest BCUT2D eigenvalue weighted by Gasteiger charge is 2.31. The van der Waals surface area contributed by atoms with Crippen LogP contribution in [0.25, 0.3) is 0 Å². The first-order valence-corrected chi connectivity index (χ1v) is 4.68. The van der Waals surface area contributed by atoms with Crippen LogP contribution in [-0.4, -0.2) is 54.2 Å². The van der Waals surface area contributed by atoms with Gasteiger partial charge in [0.25, 0.3) is 6.01 Å². The van der Waals surface area contributed by atoms with E-state index in [2.05, 4.69) is 9.88 Å². The van der Waals surface area contributed by atoms with Crippen molar-refractivity contribution in [3.05, 3.63) is 12.0 Å². The van der Waals surface area contributed by atoms with Gasteiger partial charge in [-0.05, 0) is 14.1 Å². The van der Waals surface area contributed by atoms with Crippen LogP contribution in [0.1, 0.15) is 10.5 Å². The second-order valence-corrected chi connectivity index (χ2v) is 3.84. The molecule has 1 aromatic rings. The van der Waals surface area contributed by atoms with Gasteiger partial charge < -0.3 is 19.3 Å². The number of rotatable bonds is 3. The normalized spacial score (nSPS) is 16.9. The van der Waals surface area contributed by atoms with Gasteiger partial charge in [0, 0.05) is 19.1 Å². The third-order valence-electron chi connectivity index (χ3n) is 2.57. The van der Waals surface area contributed by atoms with Crippen molar-refractivity contribution < 1.29 is 14.3 Å². The van der Waals surface area contributed by atoms with Gasteiger partial charge in [-0.3, -0.25) is 0 Å². The van der Waals surface area contributed by atoms with Gasteiger partial charge in [-0.25, -0.2) is 4.79 Å². The molecule has 1 aliphatic rings. The fourth-order valence-corrected chi connectivity index (χ4v) is 1.45. The zero-order chi connectivity index (χ0) is 11.0. The highest BCUT2D eigenvalue weighted by atomic mass is 16.4. The van der Waals surface area contributed by atoms with E-state index in [-0.39, 0.29) is 5.69 Å². The molecule has 1 saturated heterocycles. The minimum Gasteiger partial charge on any atom is -0.476 e. The molecule has 0 atom stereocenters. The molecule has 15 heavy (non-hydrogen) atoms. The Morgan fingerprint density at radius 2 is 2.33 bits per heavy atom. The molecule has 6 nitrogen and oxygen atoms in total. The molecule has 0 aliphatic carbocycles. The van der Waals surface area contributed by atoms with Crippen LogP contribution in [0.2, 0.25) is 0 Å². The van der Waals surface area contributed by atoms with Gasteiger partial charge in [0.2, 0.25) is 0 Å². The molecule has 0 radical (unpaired) electrons. The van der Waals surface area contributed by atoms with Crippen molar-refractivity contribution >= 4 is 12.0 Å². The molecule has 2 heterocycles. The Balaban J connectivity index is 1.98. The van der Waals surface area contributed by atoms with E-state index in [1.165, 1.54) is 6.26 Å². The Bertz CT molecular complexity index is 368. The number of hydrogen-bond donors (Lipinski definition) is 1. The van der Waals surface area contributed by atoms with Crippen molar-refractivity contribution in [1.82, 2.24) is 9.88 Å². The molecular weight excluding hydrogens is 198 g/mol. The summed E-state index contributed by atoms with van der Waals surface area (Å²) in [6, 6.07) is 0.885. The fourth-order valence-electron chi connectivity index (χ4n) is 1.45. The summed E-state index contributed by atoms with van der Waals surface area (Å²) < 4.78 is 5.07. The largest absolute Gasteiger partial charge is 0.476 e. The lowest BCUT2D eigenvalue weighted by atomic mass is 10.1. The minimum atomic E-state index is -1.06. The second-order valence-electron chi connectivity index (χ2n) is 3.84. The number of aromatic carboxylic acids is 1. The number of carboxylic acids is 1. The van der Waals surface area contributed by atoms with Gasteiger partial charge >= 0.3 is 5.97 Å². The molecule has 1 N–H and O–H groups in total. The summed E-state index contributed by atoms with van der Waals surface area (Å²) in [5.74, 6) is -1.06. The summed E-state index contributed by atoms with van der Waals surface area (Å²) in [4.78, 5) is 18.5. The number of likely N-dealkylation sites (N-methyl/N-ethyl adjacent to an activating group) is 1. The van der Waals surface area contributed by atoms with Crippen LogP contribution in [-0.2, 0) is 0 Å². The van der Waals surface area contributed by atoms with E-state index < -0.39 is 5.97 Å². The molecule has 2 rings (SSSR count). The molecule has 0 aromatic carbocycles. The van der Waals surface area contributed by atoms with E-state index in [9.17, 15) is 4.79 Å². The van der Waals surface area contributed by atoms with Gasteiger partial charge in [0.1, 0.15) is 6.26 Å². The third kappa shape index (κ3) is 1.80. The lowest BCUT2D eigenvalue weighted by molar-refractivity contribution is 0.0690. The van der Waals surface area contributed by atoms with Crippen molar-refractivity contribution in [2.75, 3.05) is 32.1 Å². The Hall–Kier alpha value is -1.56. The van der Waals surface area contributed by atoms with Crippen LogP contribution in [0, 0.1) is 0 Å². The molecule has 1 aromatic heterocycles. The summed E-state index contributed by atoms with van der Waals surface area (Å²) in [5, 5.41) is 8.66. The van der Waals surface area contributed by atoms with Crippen LogP contribution < -0.4 is 4.90 Å². The maximum atomic E-state index is 10.6. The summed E-state index contributed by atoms with van der Waals surface area (Å²) in [7, 11) is 4.03. The molecule has 82 valence electrons. The number of carboxylic acid groups (broad SMARTS) is 1. The van der Waals surface area contributed by atoms with Crippen molar-refractivity contribution in [3.63, 3.8) is 0 Å². The monoisotopic (exact) mass is 211 g/mol. The third-order valence-corrected chi connectivity index (χ3v) is 2.57. The van der Waals surface area contributed by atoms with Crippen LogP contribution in [0.15, 0.2) is 10.7 Å². The lowest BCUT2D eigenvalue weighted by Gasteiger charge is -2.41. The first-order valence-electron chi connectivity index (χ1n) is 4.68. The van der Waals surface area contributed by atoms with Gasteiger partial charge in [-0.1, -0.05) is 0 Å². The van der Waals surface area contributed by atoms with E-state index in [1.807, 2.05) is 19.0 Å². The summed E-state index contributed by atoms with van der Waals surface area (Å²) in [6.45, 7) is 1.65. The number of nitrogens with zero attached hydrogens (tertiary/aromatic N) is 3. The zero-order valence-electron chi connectivity index (χ0n) is 8.67. The summed E-state index contributed by atoms with van der Waals surface area (Å²) in [6.07, 6.45) is 1.17. The number of oxazole rings is 1. The van der Waals surface area contributed by atoms with E-state index in [1.54, 1.807) is 0 Å². The van der Waals surface area contributed by atoms with Crippen LogP contribution in [0.4, 0.5) is 6.01 Å². The Kier molecular flexibility index (Phi) is 2.36. The average Bonchev–Trinajstić information content (AvgIpc) is 2.49. The average molecular weight is 211 g/mol. The standard InChI is InChI=1S/C9H13N3O3/c1-11(2)6-3-12(4-6)9-10-7(5-15-9)8(13)14/h5-6H,3-4H2,1-2H3,(H,13,14). The number of carbonyl (C=O) groups is 1. The first kappa shape index (κ1) is 9.97. The maximum Gasteiger partial charge on any atom is 0.357 e. The van der Waals surface area contributed by atoms with E-state index >= 15 is 0 Å². The maximum absolute atomic E-state index is 10.6. The smallest absolute Gasteiger partial charge is 0.357 e. The fraction of sp³-hybridized carbons (Fsp3) is 0.556. The highest BCUT2D eigenvalue weighted by molar-refractivity contribution is 5.85. The van der Waals surface area contributed by atoms with E-state index in [0.29, 0.717) is 12.1 Å². The van der Waals surface area contributed by atoms with Gasteiger partial charge in [-0.15, -0.1) is 0 Å². The molecule has 0 bridgehead atoms. The van der Waals surface area contributed by atoms with Crippen LogP contribution in [0.3, 0.4) is 0 Å². The zero-order valence-corrected chi connectivity index (χ0v) is 8.67. The van der Waals surface area contributed by atoms with Crippen LogP contribution >= 0.6 is 0 Å². The number of anilines is 1. The molecular formula is C9H13N3O3. The molecule has 6 heteroatoms. The topological polar surface area (TPSA) is 69.8 Å². The minimum absolute atomic E-state index is 0.0432. The quantitative estimate of drug-likeness (QED) is 0.766. The van der Waals surface area contributed by atoms with Crippen molar-refractivity contribution in [3.8, 4) is 0 Å². The predicted octanol–water partition coefficient (Wildman–Crippen LogP) is 0.123. The van der Waals surface area contributed by atoms with Crippen molar-refractivity contribution in [1.29, 1.82) is 0 Å². The summed E-state index contributed by atoms with van der Waals surface area (Å²) >= 11 is 0. The van der Waals surface area contributed by atoms with Crippen LogP contribution in [0.5, 0.6) is 0 Å². The van der Waals surface area contributed by atoms with Crippen molar-refractivity contribution in [2.45, 2.75) is 6.04 Å². The Morgan fingerprint density at radius 1 is 1.67 bits per heavy atom. The molecule has 0 saturated carbocycles. The van der Waals surface area contributed by atoms with E-state index in [4.69, 9.17) is 9.52 Å². The Morgan fingerprint density at radius 3 is 2.80 bits per heavy atom. The lowest BCUT2D eigenvalue weighted by Crippen LogP contribution is -2.57. The summed E-state index contributed by atoms with van der Waals surface area (Å²) in [5.41, 5.74) is -0.0432. The first-order chi connectivity index (χ1) is 7.08. The molecule has 1 aliphatic heterocycles. The molecule has 0 spiro atoms. The SMILES string of the molecule is CN(C)C1CN(c2nc(C(=O)O)co2)C1. The van der Waals surface area contributed by atoms with Gasteiger partial charge in [0.05, 0.1) is 0 Å².